The molecule has 19 heavy (non-hydrogen) atoms. The molecule has 0 fully saturated rings. The minimum atomic E-state index is -0.422. The Morgan fingerprint density at radius 3 is 3.11 bits per heavy atom. The second kappa shape index (κ2) is 4.61. The lowest BCUT2D eigenvalue weighted by Gasteiger charge is -2.00. The second-order valence-corrected chi connectivity index (χ2v) is 4.02. The molecule has 3 aromatic rings. The smallest absolute Gasteiger partial charge is 0.369 e. The third kappa shape index (κ3) is 2.10. The highest BCUT2D eigenvalue weighted by Gasteiger charge is 2.16. The van der Waals surface area contributed by atoms with E-state index in [1.807, 2.05) is 0 Å². The number of ether oxygens (including phenoxy) is 1. The monoisotopic (exact) mass is 282 g/mol. The molecule has 10 nitrogen and oxygen atoms in total. The maximum Gasteiger partial charge on any atom is 0.369 e. The summed E-state index contributed by atoms with van der Waals surface area (Å²) < 4.78 is 22.8. The zero-order valence-corrected chi connectivity index (χ0v) is 10.5. The number of nitrogens with zero attached hydrogens (tertiary/aromatic N) is 7. The summed E-state index contributed by atoms with van der Waals surface area (Å²) in [5.41, 5.74) is 0.0199. The van der Waals surface area contributed by atoms with Gasteiger partial charge in [-0.1, -0.05) is 0 Å². The van der Waals surface area contributed by atoms with E-state index in [9.17, 15) is 4.79 Å². The predicted octanol–water partition coefficient (Wildman–Crippen LogP) is -0.880. The van der Waals surface area contributed by atoms with Gasteiger partial charge in [0.2, 0.25) is 11.7 Å². The van der Waals surface area contributed by atoms with Crippen molar-refractivity contribution in [3.63, 3.8) is 0 Å². The molecule has 0 radical (unpaired) electrons. The molecule has 0 bridgehead atoms. The number of aromatic amines is 1. The van der Waals surface area contributed by atoms with Gasteiger partial charge in [0.05, 0.1) is 11.7 Å². The van der Waals surface area contributed by atoms with Gasteiger partial charge in [0.15, 0.2) is 1.41 Å². The van der Waals surface area contributed by atoms with Gasteiger partial charge in [-0.05, 0) is 10.4 Å². The molecule has 11 heteroatoms. The van der Waals surface area contributed by atoms with Crippen LogP contribution in [0.25, 0.3) is 5.82 Å². The van der Waals surface area contributed by atoms with E-state index in [4.69, 9.17) is 6.15 Å². The molecule has 1 N–H and O–H groups in total. The van der Waals surface area contributed by atoms with Crippen molar-refractivity contribution >= 4 is 11.7 Å². The van der Waals surface area contributed by atoms with Crippen molar-refractivity contribution in [2.45, 2.75) is 6.61 Å². The fourth-order valence-electron chi connectivity index (χ4n) is 1.34. The molecule has 0 saturated carbocycles. The summed E-state index contributed by atoms with van der Waals surface area (Å²) in [6, 6.07) is 1.54. The van der Waals surface area contributed by atoms with Gasteiger partial charge in [-0.25, -0.2) is 4.79 Å². The highest BCUT2D eigenvalue weighted by atomic mass is 32.1. The van der Waals surface area contributed by atoms with E-state index in [0.29, 0.717) is 5.69 Å². The van der Waals surface area contributed by atoms with Crippen LogP contribution in [0, 0.1) is 0 Å². The highest BCUT2D eigenvalue weighted by molar-refractivity contribution is 6.99. The Balaban J connectivity index is 1.83. The highest BCUT2D eigenvalue weighted by Crippen LogP contribution is 2.12. The first-order valence-corrected chi connectivity index (χ1v) is 5.86. The molecule has 3 heterocycles. The molecule has 3 rings (SSSR count). The number of hydrogen-bond acceptors (Lipinski definition) is 8. The second-order valence-electron chi connectivity index (χ2n) is 3.49. The Morgan fingerprint density at radius 1 is 1.53 bits per heavy atom. The van der Waals surface area contributed by atoms with Crippen molar-refractivity contribution in [1.82, 2.24) is 38.7 Å². The first kappa shape index (κ1) is 10.4. The van der Waals surface area contributed by atoms with Crippen molar-refractivity contribution in [2.24, 2.45) is 7.05 Å². The average Bonchev–Trinajstić information content (AvgIpc) is 3.11. The molecule has 0 amide bonds. The molecule has 0 aliphatic rings. The normalized spacial score (nSPS) is 11.5. The van der Waals surface area contributed by atoms with E-state index < -0.39 is 5.69 Å². The molecule has 98 valence electrons. The maximum atomic E-state index is 11.8. The topological polar surface area (TPSA) is 116 Å². The Bertz CT molecular complexity index is 788. The third-order valence-electron chi connectivity index (χ3n) is 2.26. The SMILES string of the molecule is [3H]n1ccc(OCc2nsnc2-n2nnn(C)c2=O)n1. The van der Waals surface area contributed by atoms with Crippen LogP contribution in [0.3, 0.4) is 0 Å². The molecule has 0 unspecified atom stereocenters. The van der Waals surface area contributed by atoms with Crippen molar-refractivity contribution < 1.29 is 6.15 Å². The summed E-state index contributed by atoms with van der Waals surface area (Å²) in [5, 5.41) is 11.9. The zero-order valence-electron chi connectivity index (χ0n) is 10.7. The minimum absolute atomic E-state index is 0.0614. The van der Waals surface area contributed by atoms with Crippen LogP contribution in [-0.4, -0.2) is 38.7 Å². The van der Waals surface area contributed by atoms with Crippen molar-refractivity contribution in [3.8, 4) is 11.7 Å². The van der Waals surface area contributed by atoms with Gasteiger partial charge in [0, 0.05) is 19.3 Å². The van der Waals surface area contributed by atoms with Crippen LogP contribution in [0.15, 0.2) is 17.1 Å². The number of hydrogen-bond donors (Lipinski definition) is 1. The van der Waals surface area contributed by atoms with E-state index in [0.717, 1.165) is 26.2 Å². The largest absolute Gasteiger partial charge is 0.470 e. The van der Waals surface area contributed by atoms with Gasteiger partial charge in [0.1, 0.15) is 12.3 Å². The standard InChI is InChI=1S/C8H8N8O2S/c1-15-8(17)16(14-13-15)7-5(11-19-12-7)4-18-6-2-3-9-10-6/h2-3H,4H2,1H3,(H,9,10)/i/hT. The number of aryl methyl sites for hydroxylation is 1. The summed E-state index contributed by atoms with van der Waals surface area (Å²) in [4.78, 5) is 11.8. The Morgan fingerprint density at radius 2 is 2.42 bits per heavy atom. The molecule has 0 aromatic carbocycles. The van der Waals surface area contributed by atoms with Crippen molar-refractivity contribution in [3.05, 3.63) is 28.4 Å². The van der Waals surface area contributed by atoms with E-state index >= 15 is 0 Å². The Kier molecular flexibility index (Phi) is 2.51. The van der Waals surface area contributed by atoms with Gasteiger partial charge >= 0.3 is 5.69 Å². The molecule has 0 aliphatic carbocycles. The molecule has 0 saturated heterocycles. The third-order valence-corrected chi connectivity index (χ3v) is 2.81. The molecule has 0 atom stereocenters. The molecular formula is C8H8N8O2S. The minimum Gasteiger partial charge on any atom is -0.470 e. The molecular weight excluding hydrogens is 272 g/mol. The van der Waals surface area contributed by atoms with E-state index in [-0.39, 0.29) is 18.3 Å². The fraction of sp³-hybridized carbons (Fsp3) is 0.250. The van der Waals surface area contributed by atoms with Crippen LogP contribution in [0.1, 0.15) is 5.69 Å². The maximum absolute atomic E-state index is 11.8. The lowest BCUT2D eigenvalue weighted by atomic mass is 10.4. The number of nitrogens with one attached hydrogen (secondary N) is 1. The van der Waals surface area contributed by atoms with E-state index in [1.54, 1.807) is 6.07 Å². The number of H-pyrrole nitrogens is 1. The Hall–Kier alpha value is -2.56. The lowest BCUT2D eigenvalue weighted by molar-refractivity contribution is 0.289. The number of tetrazole rings is 1. The number of rotatable bonds is 4. The van der Waals surface area contributed by atoms with Crippen LogP contribution in [0.4, 0.5) is 0 Å². The van der Waals surface area contributed by atoms with Crippen LogP contribution in [-0.2, 0) is 13.7 Å². The van der Waals surface area contributed by atoms with Crippen molar-refractivity contribution in [2.75, 3.05) is 0 Å². The van der Waals surface area contributed by atoms with Gasteiger partial charge in [-0.15, -0.1) is 9.78 Å². The first-order valence-electron chi connectivity index (χ1n) is 5.58. The van der Waals surface area contributed by atoms with Crippen LogP contribution >= 0.6 is 11.7 Å². The Labute approximate surface area is 111 Å². The zero-order chi connectivity index (χ0) is 14.1. The predicted molar refractivity (Wildman–Crippen MR) is 63.0 cm³/mol. The van der Waals surface area contributed by atoms with Crippen LogP contribution in [0.5, 0.6) is 5.88 Å². The summed E-state index contributed by atoms with van der Waals surface area (Å²) in [6.45, 7) is 0.0614. The number of aromatic nitrogens is 8. The van der Waals surface area contributed by atoms with Gasteiger partial charge in [-0.3, -0.25) is 5.09 Å². The average molecular weight is 282 g/mol. The molecule has 0 spiro atoms. The molecule has 0 aliphatic heterocycles. The lowest BCUT2D eigenvalue weighted by Crippen LogP contribution is -2.23. The summed E-state index contributed by atoms with van der Waals surface area (Å²) in [7, 11) is 1.49. The van der Waals surface area contributed by atoms with Gasteiger partial charge < -0.3 is 4.74 Å². The molecule has 3 aromatic heterocycles. The fourth-order valence-corrected chi connectivity index (χ4v) is 1.87. The van der Waals surface area contributed by atoms with Gasteiger partial charge in [-0.2, -0.15) is 13.4 Å². The van der Waals surface area contributed by atoms with Crippen molar-refractivity contribution in [1.29, 1.82) is 0 Å². The van der Waals surface area contributed by atoms with E-state index in [2.05, 4.69) is 24.3 Å². The van der Waals surface area contributed by atoms with Crippen LogP contribution in [0.2, 0.25) is 1.41 Å². The quantitative estimate of drug-likeness (QED) is 0.660. The summed E-state index contributed by atoms with van der Waals surface area (Å²) >= 11 is 0.940. The van der Waals surface area contributed by atoms with Gasteiger partial charge in [0.25, 0.3) is 0 Å². The summed E-state index contributed by atoms with van der Waals surface area (Å²) in [6.07, 6.45) is 1.43. The summed E-state index contributed by atoms with van der Waals surface area (Å²) in [5.74, 6) is 0.559. The first-order chi connectivity index (χ1) is 9.65. The van der Waals surface area contributed by atoms with Crippen LogP contribution < -0.4 is 10.4 Å². The van der Waals surface area contributed by atoms with E-state index in [1.165, 1.54) is 13.2 Å².